The number of nitrogens with one attached hydrogen (secondary N) is 1. The molecular formula is C24H26FNO2. The molecule has 0 bridgehead atoms. The molecule has 1 aliphatic carbocycles. The summed E-state index contributed by atoms with van der Waals surface area (Å²) in [6, 6.07) is 12.3. The third-order valence-corrected chi connectivity index (χ3v) is 5.85. The summed E-state index contributed by atoms with van der Waals surface area (Å²) in [6.45, 7) is 0. The summed E-state index contributed by atoms with van der Waals surface area (Å²) >= 11 is 0. The molecule has 0 saturated heterocycles. The van der Waals surface area contributed by atoms with Gasteiger partial charge in [-0.25, -0.2) is 4.39 Å². The van der Waals surface area contributed by atoms with Gasteiger partial charge in [0.15, 0.2) is 0 Å². The van der Waals surface area contributed by atoms with Crippen molar-refractivity contribution in [2.45, 2.75) is 50.9 Å². The molecule has 1 aliphatic rings. The van der Waals surface area contributed by atoms with Crippen molar-refractivity contribution < 1.29 is 13.6 Å². The molecule has 1 fully saturated rings. The first-order chi connectivity index (χ1) is 13.7. The van der Waals surface area contributed by atoms with Crippen LogP contribution < -0.4 is 5.32 Å². The highest BCUT2D eigenvalue weighted by Gasteiger charge is 2.23. The van der Waals surface area contributed by atoms with E-state index in [9.17, 15) is 9.18 Å². The summed E-state index contributed by atoms with van der Waals surface area (Å²) in [5, 5.41) is 3.56. The van der Waals surface area contributed by atoms with Crippen molar-refractivity contribution >= 4 is 16.9 Å². The van der Waals surface area contributed by atoms with Crippen molar-refractivity contribution in [2.24, 2.45) is 0 Å². The van der Waals surface area contributed by atoms with Crippen molar-refractivity contribution in [3.05, 3.63) is 59.4 Å². The van der Waals surface area contributed by atoms with Crippen molar-refractivity contribution in [1.29, 1.82) is 0 Å². The second-order valence-electron chi connectivity index (χ2n) is 7.69. The summed E-state index contributed by atoms with van der Waals surface area (Å²) in [5.41, 5.74) is 3.19. The number of halogens is 1. The number of rotatable bonds is 3. The molecule has 1 amide bonds. The normalized spacial score (nSPS) is 15.9. The zero-order chi connectivity index (χ0) is 19.5. The minimum absolute atomic E-state index is 0.187. The SMILES string of the molecule is CNC(=O)c1c(-c2ccc(F)cc2)oc2ccc(C3CCCCCCC3)cc12. The number of furan rings is 1. The van der Waals surface area contributed by atoms with Crippen molar-refractivity contribution in [3.63, 3.8) is 0 Å². The molecule has 0 unspecified atom stereocenters. The number of hydrogen-bond acceptors (Lipinski definition) is 2. The molecule has 146 valence electrons. The first kappa shape index (κ1) is 18.7. The van der Waals surface area contributed by atoms with E-state index in [-0.39, 0.29) is 11.7 Å². The van der Waals surface area contributed by atoms with Gasteiger partial charge in [-0.15, -0.1) is 0 Å². The standard InChI is InChI=1S/C24H26FNO2/c1-26-24(27)22-20-15-18(16-7-5-3-2-4-6-8-16)11-14-21(20)28-23(22)17-9-12-19(25)13-10-17/h9-16H,2-8H2,1H3,(H,26,27). The van der Waals surface area contributed by atoms with Crippen molar-refractivity contribution in [3.8, 4) is 11.3 Å². The van der Waals surface area contributed by atoms with Gasteiger partial charge in [0.25, 0.3) is 5.91 Å². The van der Waals surface area contributed by atoms with Gasteiger partial charge in [0, 0.05) is 18.0 Å². The Morgan fingerprint density at radius 1 is 1.00 bits per heavy atom. The summed E-state index contributed by atoms with van der Waals surface area (Å²) in [5.74, 6) is 0.524. The van der Waals surface area contributed by atoms with Crippen LogP contribution in [0, 0.1) is 5.82 Å². The summed E-state index contributed by atoms with van der Waals surface area (Å²) < 4.78 is 19.4. The van der Waals surface area contributed by atoms with Crippen LogP contribution in [0.3, 0.4) is 0 Å². The Morgan fingerprint density at radius 3 is 2.36 bits per heavy atom. The largest absolute Gasteiger partial charge is 0.455 e. The molecule has 1 N–H and O–H groups in total. The molecule has 4 heteroatoms. The highest BCUT2D eigenvalue weighted by molar-refractivity contribution is 6.11. The molecule has 28 heavy (non-hydrogen) atoms. The van der Waals surface area contributed by atoms with Crippen LogP contribution in [-0.2, 0) is 0 Å². The Kier molecular flexibility index (Phi) is 5.47. The van der Waals surface area contributed by atoms with E-state index >= 15 is 0 Å². The smallest absolute Gasteiger partial charge is 0.255 e. The number of carbonyl (C=O) groups excluding carboxylic acids is 1. The Hall–Kier alpha value is -2.62. The average molecular weight is 379 g/mol. The lowest BCUT2D eigenvalue weighted by atomic mass is 9.85. The minimum Gasteiger partial charge on any atom is -0.455 e. The van der Waals surface area contributed by atoms with E-state index in [0.29, 0.717) is 28.4 Å². The lowest BCUT2D eigenvalue weighted by molar-refractivity contribution is 0.0964. The number of carbonyl (C=O) groups is 1. The highest BCUT2D eigenvalue weighted by Crippen LogP contribution is 2.37. The first-order valence-corrected chi connectivity index (χ1v) is 10.2. The van der Waals surface area contributed by atoms with Crippen LogP contribution in [0.4, 0.5) is 4.39 Å². The van der Waals surface area contributed by atoms with Gasteiger partial charge in [-0.2, -0.15) is 0 Å². The second kappa shape index (κ2) is 8.17. The fourth-order valence-corrected chi connectivity index (χ4v) is 4.31. The number of amides is 1. The predicted molar refractivity (Wildman–Crippen MR) is 110 cm³/mol. The van der Waals surface area contributed by atoms with E-state index in [1.165, 1.54) is 62.6 Å². The van der Waals surface area contributed by atoms with Crippen LogP contribution in [0.2, 0.25) is 0 Å². The van der Waals surface area contributed by atoms with Gasteiger partial charge in [-0.1, -0.05) is 38.2 Å². The van der Waals surface area contributed by atoms with E-state index in [4.69, 9.17) is 4.42 Å². The van der Waals surface area contributed by atoms with Gasteiger partial charge in [0.1, 0.15) is 17.2 Å². The van der Waals surface area contributed by atoms with Crippen LogP contribution >= 0.6 is 0 Å². The van der Waals surface area contributed by atoms with Crippen molar-refractivity contribution in [2.75, 3.05) is 7.05 Å². The Labute approximate surface area is 164 Å². The lowest BCUT2D eigenvalue weighted by Crippen LogP contribution is -2.18. The molecule has 0 spiro atoms. The molecule has 2 aromatic carbocycles. The maximum Gasteiger partial charge on any atom is 0.255 e. The maximum atomic E-state index is 13.3. The Balaban J connectivity index is 1.81. The second-order valence-corrected chi connectivity index (χ2v) is 7.69. The molecule has 0 aliphatic heterocycles. The molecule has 0 radical (unpaired) electrons. The van der Waals surface area contributed by atoms with Crippen molar-refractivity contribution in [1.82, 2.24) is 5.32 Å². The predicted octanol–water partition coefficient (Wildman–Crippen LogP) is 6.43. The van der Waals surface area contributed by atoms with Crippen LogP contribution in [0.25, 0.3) is 22.3 Å². The van der Waals surface area contributed by atoms with Gasteiger partial charge >= 0.3 is 0 Å². The maximum absolute atomic E-state index is 13.3. The van der Waals surface area contributed by atoms with E-state index in [1.807, 2.05) is 6.07 Å². The number of hydrogen-bond donors (Lipinski definition) is 1. The van der Waals surface area contributed by atoms with Gasteiger partial charge in [-0.3, -0.25) is 4.79 Å². The first-order valence-electron chi connectivity index (χ1n) is 10.2. The fraction of sp³-hybridized carbons (Fsp3) is 0.375. The van der Waals surface area contributed by atoms with E-state index in [2.05, 4.69) is 17.4 Å². The molecule has 0 atom stereocenters. The van der Waals surface area contributed by atoms with Gasteiger partial charge in [0.2, 0.25) is 0 Å². The van der Waals surface area contributed by atoms with Crippen LogP contribution in [0.15, 0.2) is 46.9 Å². The van der Waals surface area contributed by atoms with Gasteiger partial charge in [-0.05, 0) is 60.7 Å². The highest BCUT2D eigenvalue weighted by atomic mass is 19.1. The van der Waals surface area contributed by atoms with Gasteiger partial charge < -0.3 is 9.73 Å². The Bertz CT molecular complexity index is 966. The molecule has 3 aromatic rings. The quantitative estimate of drug-likeness (QED) is 0.570. The summed E-state index contributed by atoms with van der Waals surface area (Å²) in [4.78, 5) is 12.7. The lowest BCUT2D eigenvalue weighted by Gasteiger charge is -2.20. The average Bonchev–Trinajstić information content (AvgIpc) is 3.06. The third kappa shape index (κ3) is 3.68. The summed E-state index contributed by atoms with van der Waals surface area (Å²) in [7, 11) is 1.62. The van der Waals surface area contributed by atoms with Crippen LogP contribution in [0.5, 0.6) is 0 Å². The monoisotopic (exact) mass is 379 g/mol. The molecule has 1 heterocycles. The minimum atomic E-state index is -0.312. The molecule has 4 rings (SSSR count). The third-order valence-electron chi connectivity index (χ3n) is 5.85. The van der Waals surface area contributed by atoms with Gasteiger partial charge in [0.05, 0.1) is 5.56 Å². The molecule has 1 aromatic heterocycles. The van der Waals surface area contributed by atoms with E-state index < -0.39 is 0 Å². The molecule has 3 nitrogen and oxygen atoms in total. The van der Waals surface area contributed by atoms with Crippen LogP contribution in [-0.4, -0.2) is 13.0 Å². The topological polar surface area (TPSA) is 42.2 Å². The molecule has 1 saturated carbocycles. The number of benzene rings is 2. The zero-order valence-electron chi connectivity index (χ0n) is 16.3. The summed E-state index contributed by atoms with van der Waals surface area (Å²) in [6.07, 6.45) is 8.88. The van der Waals surface area contributed by atoms with E-state index in [1.54, 1.807) is 19.2 Å². The van der Waals surface area contributed by atoms with E-state index in [0.717, 1.165) is 5.39 Å². The number of fused-ring (bicyclic) bond motifs is 1. The van der Waals surface area contributed by atoms with Crippen LogP contribution in [0.1, 0.15) is 66.8 Å². The molecular weight excluding hydrogens is 353 g/mol. The Morgan fingerprint density at radius 2 is 1.68 bits per heavy atom. The zero-order valence-corrected chi connectivity index (χ0v) is 16.3. The fourth-order valence-electron chi connectivity index (χ4n) is 4.31.